The average Bonchev–Trinajstić information content (AvgIpc) is 3.14. The Bertz CT molecular complexity index is 539. The van der Waals surface area contributed by atoms with E-state index in [0.717, 1.165) is 6.42 Å². The van der Waals surface area contributed by atoms with Gasteiger partial charge in [0.25, 0.3) is 5.91 Å². The summed E-state index contributed by atoms with van der Waals surface area (Å²) in [6.45, 7) is 1.66. The van der Waals surface area contributed by atoms with E-state index >= 15 is 0 Å². The van der Waals surface area contributed by atoms with Crippen molar-refractivity contribution in [1.82, 2.24) is 0 Å². The molecule has 6 nitrogen and oxygen atoms in total. The number of esters is 1. The lowest BCUT2D eigenvalue weighted by Crippen LogP contribution is -2.21. The first-order valence-electron chi connectivity index (χ1n) is 6.33. The number of amides is 2. The van der Waals surface area contributed by atoms with Crippen molar-refractivity contribution in [3.05, 3.63) is 29.8 Å². The van der Waals surface area contributed by atoms with Crippen molar-refractivity contribution in [1.29, 1.82) is 0 Å². The van der Waals surface area contributed by atoms with E-state index in [0.29, 0.717) is 17.2 Å². The highest BCUT2D eigenvalue weighted by molar-refractivity contribution is 5.95. The van der Waals surface area contributed by atoms with Crippen molar-refractivity contribution in [2.24, 2.45) is 17.6 Å². The number of rotatable bonds is 5. The van der Waals surface area contributed by atoms with Crippen LogP contribution in [0.5, 0.6) is 0 Å². The topological polar surface area (TPSA) is 98.5 Å². The Hall–Kier alpha value is -2.37. The van der Waals surface area contributed by atoms with Crippen LogP contribution in [0.4, 0.5) is 5.69 Å². The van der Waals surface area contributed by atoms with Crippen molar-refractivity contribution in [3.63, 3.8) is 0 Å². The molecule has 0 saturated heterocycles. The zero-order valence-corrected chi connectivity index (χ0v) is 11.1. The summed E-state index contributed by atoms with van der Waals surface area (Å²) in [5.41, 5.74) is 5.98. The molecule has 0 spiro atoms. The van der Waals surface area contributed by atoms with Crippen LogP contribution in [0, 0.1) is 11.8 Å². The fraction of sp³-hybridized carbons (Fsp3) is 0.357. The number of carbonyl (C=O) groups excluding carboxylic acids is 3. The fourth-order valence-corrected chi connectivity index (χ4v) is 1.81. The maximum atomic E-state index is 11.6. The number of hydrogen-bond acceptors (Lipinski definition) is 4. The van der Waals surface area contributed by atoms with Gasteiger partial charge in [-0.25, -0.2) is 0 Å². The quantitative estimate of drug-likeness (QED) is 0.781. The first-order valence-corrected chi connectivity index (χ1v) is 6.33. The van der Waals surface area contributed by atoms with Gasteiger partial charge in [0, 0.05) is 11.3 Å². The normalized spacial score (nSPS) is 20.1. The molecule has 106 valence electrons. The van der Waals surface area contributed by atoms with Gasteiger partial charge in [-0.15, -0.1) is 0 Å². The van der Waals surface area contributed by atoms with Gasteiger partial charge < -0.3 is 15.8 Å². The first-order chi connectivity index (χ1) is 9.47. The third-order valence-corrected chi connectivity index (χ3v) is 3.21. The molecule has 1 aromatic carbocycles. The number of primary amides is 1. The Morgan fingerprint density at radius 3 is 2.40 bits per heavy atom. The number of anilines is 1. The molecule has 0 unspecified atom stereocenters. The van der Waals surface area contributed by atoms with Crippen molar-refractivity contribution in [2.75, 3.05) is 11.9 Å². The zero-order chi connectivity index (χ0) is 14.7. The molecule has 1 aromatic rings. The van der Waals surface area contributed by atoms with Gasteiger partial charge in [-0.2, -0.15) is 0 Å². The monoisotopic (exact) mass is 276 g/mol. The second-order valence-electron chi connectivity index (χ2n) is 4.92. The number of benzene rings is 1. The van der Waals surface area contributed by atoms with Gasteiger partial charge in [-0.1, -0.05) is 6.92 Å². The van der Waals surface area contributed by atoms with Gasteiger partial charge >= 0.3 is 5.97 Å². The molecule has 2 amide bonds. The third-order valence-electron chi connectivity index (χ3n) is 3.21. The number of carbonyl (C=O) groups is 3. The van der Waals surface area contributed by atoms with Gasteiger partial charge in [-0.3, -0.25) is 14.4 Å². The Morgan fingerprint density at radius 1 is 1.30 bits per heavy atom. The minimum Gasteiger partial charge on any atom is -0.455 e. The SMILES string of the molecule is C[C@@H]1C[C@H]1C(=O)OCC(=O)Nc1ccc(C(N)=O)cc1. The zero-order valence-electron chi connectivity index (χ0n) is 11.1. The molecule has 0 aromatic heterocycles. The highest BCUT2D eigenvalue weighted by atomic mass is 16.5. The molecule has 20 heavy (non-hydrogen) atoms. The smallest absolute Gasteiger partial charge is 0.309 e. The second-order valence-corrected chi connectivity index (χ2v) is 4.92. The lowest BCUT2D eigenvalue weighted by molar-refractivity contribution is -0.148. The minimum absolute atomic E-state index is 0.0577. The van der Waals surface area contributed by atoms with E-state index in [-0.39, 0.29) is 18.5 Å². The van der Waals surface area contributed by atoms with Crippen LogP contribution in [0.3, 0.4) is 0 Å². The second kappa shape index (κ2) is 5.73. The van der Waals surface area contributed by atoms with Crippen molar-refractivity contribution in [3.8, 4) is 0 Å². The van der Waals surface area contributed by atoms with E-state index in [1.807, 2.05) is 6.92 Å². The molecule has 2 atom stereocenters. The van der Waals surface area contributed by atoms with Gasteiger partial charge in [0.1, 0.15) is 0 Å². The molecule has 0 bridgehead atoms. The van der Waals surface area contributed by atoms with Crippen LogP contribution in [-0.4, -0.2) is 24.4 Å². The van der Waals surface area contributed by atoms with Crippen LogP contribution in [0.25, 0.3) is 0 Å². The van der Waals surface area contributed by atoms with Crippen LogP contribution in [-0.2, 0) is 14.3 Å². The van der Waals surface area contributed by atoms with E-state index in [1.54, 1.807) is 12.1 Å². The number of nitrogens with two attached hydrogens (primary N) is 1. The summed E-state index contributed by atoms with van der Waals surface area (Å²) in [5.74, 6) is -0.977. The van der Waals surface area contributed by atoms with E-state index < -0.39 is 11.8 Å². The maximum absolute atomic E-state index is 11.6. The van der Waals surface area contributed by atoms with Crippen molar-refractivity contribution >= 4 is 23.5 Å². The fourth-order valence-electron chi connectivity index (χ4n) is 1.81. The summed E-state index contributed by atoms with van der Waals surface area (Å²) in [6.07, 6.45) is 0.828. The largest absolute Gasteiger partial charge is 0.455 e. The summed E-state index contributed by atoms with van der Waals surface area (Å²) in [6, 6.07) is 6.14. The first kappa shape index (κ1) is 14.0. The predicted molar refractivity (Wildman–Crippen MR) is 71.8 cm³/mol. The molecule has 0 aliphatic heterocycles. The standard InChI is InChI=1S/C14H16N2O4/c1-8-6-11(8)14(19)20-7-12(17)16-10-4-2-9(3-5-10)13(15)18/h2-5,8,11H,6-7H2,1H3,(H2,15,18)(H,16,17)/t8-,11-/m1/s1. The number of nitrogens with one attached hydrogen (secondary N) is 1. The lowest BCUT2D eigenvalue weighted by Gasteiger charge is -2.06. The van der Waals surface area contributed by atoms with Gasteiger partial charge in [-0.05, 0) is 36.6 Å². The maximum Gasteiger partial charge on any atom is 0.309 e. The molecule has 0 radical (unpaired) electrons. The van der Waals surface area contributed by atoms with E-state index in [2.05, 4.69) is 5.32 Å². The molecule has 1 aliphatic carbocycles. The molecule has 6 heteroatoms. The van der Waals surface area contributed by atoms with Gasteiger partial charge in [0.05, 0.1) is 5.92 Å². The van der Waals surface area contributed by atoms with Crippen molar-refractivity contribution < 1.29 is 19.1 Å². The molecule has 2 rings (SSSR count). The number of ether oxygens (including phenoxy) is 1. The van der Waals surface area contributed by atoms with Crippen LogP contribution >= 0.6 is 0 Å². The molecular formula is C14H16N2O4. The van der Waals surface area contributed by atoms with Crippen LogP contribution < -0.4 is 11.1 Å². The summed E-state index contributed by atoms with van der Waals surface area (Å²) in [4.78, 5) is 33.9. The molecule has 0 heterocycles. The van der Waals surface area contributed by atoms with Gasteiger partial charge in [0.15, 0.2) is 6.61 Å². The Kier molecular flexibility index (Phi) is 4.02. The third kappa shape index (κ3) is 3.57. The van der Waals surface area contributed by atoms with E-state index in [1.165, 1.54) is 12.1 Å². The summed E-state index contributed by atoms with van der Waals surface area (Å²) < 4.78 is 4.91. The summed E-state index contributed by atoms with van der Waals surface area (Å²) in [5, 5.41) is 2.57. The lowest BCUT2D eigenvalue weighted by atomic mass is 10.2. The Labute approximate surface area is 116 Å². The molecule has 1 aliphatic rings. The molecule has 1 fully saturated rings. The van der Waals surface area contributed by atoms with Crippen LogP contribution in [0.15, 0.2) is 24.3 Å². The molecule has 3 N–H and O–H groups in total. The van der Waals surface area contributed by atoms with E-state index in [9.17, 15) is 14.4 Å². The number of hydrogen-bond donors (Lipinski definition) is 2. The Balaban J connectivity index is 1.79. The molecular weight excluding hydrogens is 260 g/mol. The highest BCUT2D eigenvalue weighted by Crippen LogP contribution is 2.38. The minimum atomic E-state index is -0.532. The van der Waals surface area contributed by atoms with Crippen LogP contribution in [0.1, 0.15) is 23.7 Å². The average molecular weight is 276 g/mol. The van der Waals surface area contributed by atoms with Crippen LogP contribution in [0.2, 0.25) is 0 Å². The Morgan fingerprint density at radius 2 is 1.90 bits per heavy atom. The molecule has 1 saturated carbocycles. The highest BCUT2D eigenvalue weighted by Gasteiger charge is 2.40. The van der Waals surface area contributed by atoms with E-state index in [4.69, 9.17) is 10.5 Å². The van der Waals surface area contributed by atoms with Gasteiger partial charge in [0.2, 0.25) is 5.91 Å². The summed E-state index contributed by atoms with van der Waals surface area (Å²) in [7, 11) is 0. The summed E-state index contributed by atoms with van der Waals surface area (Å²) >= 11 is 0. The predicted octanol–water partition coefficient (Wildman–Crippen LogP) is 0.923. The van der Waals surface area contributed by atoms with Crippen molar-refractivity contribution in [2.45, 2.75) is 13.3 Å².